The number of ether oxygens (including phenoxy) is 1. The smallest absolute Gasteiger partial charge is 0.186 e. The van der Waals surface area contributed by atoms with E-state index in [9.17, 15) is 16.8 Å². The molecule has 0 N–H and O–H groups in total. The van der Waals surface area contributed by atoms with Crippen molar-refractivity contribution in [2.24, 2.45) is 0 Å². The summed E-state index contributed by atoms with van der Waals surface area (Å²) >= 11 is 0. The van der Waals surface area contributed by atoms with Crippen LogP contribution in [-0.4, -0.2) is 46.6 Å². The maximum absolute atomic E-state index is 11.1. The molecular formula is C5H10O5S2. The summed E-state index contributed by atoms with van der Waals surface area (Å²) in [5.74, 6) is -0.549. The van der Waals surface area contributed by atoms with Crippen LogP contribution in [-0.2, 0) is 24.4 Å². The largest absolute Gasteiger partial charge is 0.382 e. The highest BCUT2D eigenvalue weighted by Crippen LogP contribution is 2.20. The Morgan fingerprint density at radius 1 is 1.17 bits per heavy atom. The molecule has 0 atom stereocenters. The molecule has 0 spiro atoms. The van der Waals surface area contributed by atoms with Gasteiger partial charge in [0.2, 0.25) is 0 Å². The van der Waals surface area contributed by atoms with Gasteiger partial charge < -0.3 is 4.74 Å². The van der Waals surface area contributed by atoms with Crippen LogP contribution in [0, 0.1) is 0 Å². The summed E-state index contributed by atoms with van der Waals surface area (Å²) in [7, 11) is -5.66. The zero-order chi connectivity index (χ0) is 9.41. The molecule has 0 amide bonds. The molecule has 5 nitrogen and oxygen atoms in total. The second kappa shape index (κ2) is 2.97. The van der Waals surface area contributed by atoms with E-state index < -0.39 is 24.3 Å². The van der Waals surface area contributed by atoms with Gasteiger partial charge in [0.15, 0.2) is 24.3 Å². The third kappa shape index (κ3) is 1.62. The molecule has 7 heteroatoms. The number of hydrogen-bond acceptors (Lipinski definition) is 5. The second-order valence-electron chi connectivity index (χ2n) is 2.62. The van der Waals surface area contributed by atoms with Crippen LogP contribution in [0.2, 0.25) is 0 Å². The van der Waals surface area contributed by atoms with Gasteiger partial charge in [0.25, 0.3) is 0 Å². The van der Waals surface area contributed by atoms with E-state index >= 15 is 0 Å². The van der Waals surface area contributed by atoms with Crippen LogP contribution in [0.5, 0.6) is 0 Å². The van der Waals surface area contributed by atoms with Crippen molar-refractivity contribution in [3.05, 3.63) is 0 Å². The van der Waals surface area contributed by atoms with E-state index in [1.54, 1.807) is 0 Å². The third-order valence-corrected chi connectivity index (χ3v) is 7.19. The van der Waals surface area contributed by atoms with E-state index in [0.717, 1.165) is 0 Å². The average molecular weight is 214 g/mol. The van der Waals surface area contributed by atoms with Gasteiger partial charge >= 0.3 is 0 Å². The van der Waals surface area contributed by atoms with Gasteiger partial charge in [-0.15, -0.1) is 0 Å². The number of sulfone groups is 2. The Balaban J connectivity index is 3.06. The summed E-state index contributed by atoms with van der Waals surface area (Å²) in [5.41, 5.74) is 0. The predicted octanol–water partition coefficient (Wildman–Crippen LogP) is -1.20. The molecule has 0 aromatic carbocycles. The molecule has 0 aromatic rings. The molecule has 1 heterocycles. The number of hydrogen-bond donors (Lipinski definition) is 0. The van der Waals surface area contributed by atoms with Crippen LogP contribution in [0.15, 0.2) is 0 Å². The van der Waals surface area contributed by atoms with Crippen LogP contribution in [0.1, 0.15) is 0 Å². The first-order chi connectivity index (χ1) is 5.40. The van der Waals surface area contributed by atoms with Crippen molar-refractivity contribution in [1.82, 2.24) is 0 Å². The first-order valence-electron chi connectivity index (χ1n) is 3.32. The van der Waals surface area contributed by atoms with Gasteiger partial charge in [0.1, 0.15) is 0 Å². The van der Waals surface area contributed by atoms with Gasteiger partial charge in [-0.1, -0.05) is 0 Å². The van der Waals surface area contributed by atoms with Gasteiger partial charge in [-0.3, -0.25) is 0 Å². The Morgan fingerprint density at radius 2 is 1.58 bits per heavy atom. The third-order valence-electron chi connectivity index (χ3n) is 1.76. The maximum atomic E-state index is 11.1. The summed E-state index contributed by atoms with van der Waals surface area (Å²) in [6.07, 6.45) is 0. The van der Waals surface area contributed by atoms with E-state index in [1.165, 1.54) is 7.11 Å². The van der Waals surface area contributed by atoms with Crippen LogP contribution in [0.4, 0.5) is 0 Å². The first kappa shape index (κ1) is 9.94. The molecule has 72 valence electrons. The Morgan fingerprint density at radius 3 is 1.92 bits per heavy atom. The summed E-state index contributed by atoms with van der Waals surface area (Å²) in [5, 5.41) is 0. The minimum absolute atomic E-state index is 0.259. The molecule has 0 saturated carbocycles. The SMILES string of the molecule is COCC1S(=O)(=O)CCS1(=O)=O. The summed E-state index contributed by atoms with van der Waals surface area (Å²) in [6, 6.07) is 0. The molecular weight excluding hydrogens is 204 g/mol. The summed E-state index contributed by atoms with van der Waals surface area (Å²) < 4.78 is 47.6. The standard InChI is InChI=1S/C5H10O5S2/c1-10-4-5-11(6,7)2-3-12(5,8)9/h5H,2-4H2,1H3. The molecule has 0 radical (unpaired) electrons. The van der Waals surface area contributed by atoms with Gasteiger partial charge in [-0.25, -0.2) is 16.8 Å². The molecule has 0 bridgehead atoms. The van der Waals surface area contributed by atoms with E-state index in [0.29, 0.717) is 0 Å². The van der Waals surface area contributed by atoms with Crippen LogP contribution >= 0.6 is 0 Å². The fourth-order valence-corrected chi connectivity index (χ4v) is 6.50. The quantitative estimate of drug-likeness (QED) is 0.577. The maximum Gasteiger partial charge on any atom is 0.186 e. The highest BCUT2D eigenvalue weighted by atomic mass is 32.3. The molecule has 12 heavy (non-hydrogen) atoms. The number of methoxy groups -OCH3 is 1. The lowest BCUT2D eigenvalue weighted by molar-refractivity contribution is 0.210. The normalized spacial score (nSPS) is 27.4. The Kier molecular flexibility index (Phi) is 2.46. The van der Waals surface area contributed by atoms with Crippen LogP contribution in [0.3, 0.4) is 0 Å². The minimum atomic E-state index is -3.47. The van der Waals surface area contributed by atoms with Crippen molar-refractivity contribution >= 4 is 19.7 Å². The second-order valence-corrected chi connectivity index (χ2v) is 7.52. The molecule has 1 aliphatic heterocycles. The van der Waals surface area contributed by atoms with E-state index in [4.69, 9.17) is 0 Å². The van der Waals surface area contributed by atoms with E-state index in [1.807, 2.05) is 0 Å². The topological polar surface area (TPSA) is 77.5 Å². The van der Waals surface area contributed by atoms with Crippen molar-refractivity contribution in [2.45, 2.75) is 4.58 Å². The number of rotatable bonds is 2. The van der Waals surface area contributed by atoms with Crippen LogP contribution < -0.4 is 0 Å². The highest BCUT2D eigenvalue weighted by Gasteiger charge is 2.44. The fourth-order valence-electron chi connectivity index (χ4n) is 1.06. The van der Waals surface area contributed by atoms with Crippen LogP contribution in [0.25, 0.3) is 0 Å². The highest BCUT2D eigenvalue weighted by molar-refractivity contribution is 8.12. The van der Waals surface area contributed by atoms with Gasteiger partial charge in [-0.2, -0.15) is 0 Å². The zero-order valence-electron chi connectivity index (χ0n) is 6.56. The summed E-state index contributed by atoms with van der Waals surface area (Å²) in [4.78, 5) is 0. The van der Waals surface area contributed by atoms with E-state index in [-0.39, 0.29) is 18.1 Å². The van der Waals surface area contributed by atoms with E-state index in [2.05, 4.69) is 4.74 Å². The van der Waals surface area contributed by atoms with Crippen molar-refractivity contribution in [3.8, 4) is 0 Å². The molecule has 1 rings (SSSR count). The van der Waals surface area contributed by atoms with Crippen molar-refractivity contribution < 1.29 is 21.6 Å². The fraction of sp³-hybridized carbons (Fsp3) is 1.00. The minimum Gasteiger partial charge on any atom is -0.382 e. The summed E-state index contributed by atoms with van der Waals surface area (Å²) in [6.45, 7) is -0.259. The van der Waals surface area contributed by atoms with Crippen molar-refractivity contribution in [2.75, 3.05) is 25.2 Å². The Hall–Kier alpha value is -0.140. The lowest BCUT2D eigenvalue weighted by atomic mass is 10.8. The molecule has 1 fully saturated rings. The predicted molar refractivity (Wildman–Crippen MR) is 43.2 cm³/mol. The monoisotopic (exact) mass is 214 g/mol. The lowest BCUT2D eigenvalue weighted by Crippen LogP contribution is -2.27. The van der Waals surface area contributed by atoms with Gasteiger partial charge in [-0.05, 0) is 0 Å². The van der Waals surface area contributed by atoms with Gasteiger partial charge in [0.05, 0.1) is 18.1 Å². The average Bonchev–Trinajstić information content (AvgIpc) is 2.13. The molecule has 1 aliphatic rings. The Bertz CT molecular complexity index is 317. The lowest BCUT2D eigenvalue weighted by Gasteiger charge is -2.05. The zero-order valence-corrected chi connectivity index (χ0v) is 8.19. The van der Waals surface area contributed by atoms with Gasteiger partial charge in [0, 0.05) is 7.11 Å². The molecule has 0 unspecified atom stereocenters. The first-order valence-corrected chi connectivity index (χ1v) is 6.75. The molecule has 0 aliphatic carbocycles. The molecule has 0 aromatic heterocycles. The Labute approximate surface area is 71.6 Å². The molecule has 1 saturated heterocycles. The van der Waals surface area contributed by atoms with Crippen molar-refractivity contribution in [1.29, 1.82) is 0 Å². The van der Waals surface area contributed by atoms with Crippen molar-refractivity contribution in [3.63, 3.8) is 0 Å².